The molecule has 32 valence electrons. The topological polar surface area (TPSA) is 70.0 Å². The summed E-state index contributed by atoms with van der Waals surface area (Å²) in [4.78, 5) is 0. The number of hydrogen-bond donors (Lipinski definition) is 2. The molecule has 0 amide bonds. The Hall–Kier alpha value is -0.340. The van der Waals surface area contributed by atoms with Crippen LogP contribution in [0.4, 0.5) is 0 Å². The van der Waals surface area contributed by atoms with Crippen LogP contribution in [0.2, 0.25) is 0 Å². The van der Waals surface area contributed by atoms with Crippen molar-refractivity contribution in [2.75, 3.05) is 0 Å². The molecule has 0 aliphatic heterocycles. The van der Waals surface area contributed by atoms with Crippen LogP contribution in [0.1, 0.15) is 6.42 Å². The third-order valence-corrected chi connectivity index (χ3v) is 0.236. The van der Waals surface area contributed by atoms with Gasteiger partial charge in [0.1, 0.15) is 0 Å². The van der Waals surface area contributed by atoms with Crippen molar-refractivity contribution in [1.82, 2.24) is 12.3 Å². The summed E-state index contributed by atoms with van der Waals surface area (Å²) < 4.78 is 0. The van der Waals surface area contributed by atoms with Gasteiger partial charge in [0.25, 0.3) is 0 Å². The van der Waals surface area contributed by atoms with E-state index in [2.05, 4.69) is 12.2 Å². The fourth-order valence-corrected chi connectivity index (χ4v) is 0. The average Bonchev–Trinajstić information content (AvgIpc) is 1.46. The van der Waals surface area contributed by atoms with Crippen LogP contribution < -0.4 is 12.3 Å². The Morgan fingerprint density at radius 3 is 1.20 bits per heavy atom. The summed E-state index contributed by atoms with van der Waals surface area (Å²) in [6, 6.07) is 0. The smallest absolute Gasteiger partial charge is 0.0169 e. The van der Waals surface area contributed by atoms with Gasteiger partial charge in [0.15, 0.2) is 0 Å². The van der Waals surface area contributed by atoms with Crippen molar-refractivity contribution in [2.45, 2.75) is 6.42 Å². The summed E-state index contributed by atoms with van der Waals surface area (Å²) in [6.07, 6.45) is 5.50. The van der Waals surface area contributed by atoms with E-state index in [9.17, 15) is 0 Å². The van der Waals surface area contributed by atoms with Crippen molar-refractivity contribution in [2.24, 2.45) is 0 Å². The van der Waals surface area contributed by atoms with E-state index < -0.39 is 0 Å². The van der Waals surface area contributed by atoms with Crippen LogP contribution in [-0.2, 0) is 0 Å². The zero-order chi connectivity index (χ0) is 2.12. The Morgan fingerprint density at radius 1 is 1.00 bits per heavy atom. The first-order valence-corrected chi connectivity index (χ1v) is 1.15. The van der Waals surface area contributed by atoms with Gasteiger partial charge in [-0.05, 0) is 6.42 Å². The van der Waals surface area contributed by atoms with Gasteiger partial charge >= 0.3 is 0 Å². The van der Waals surface area contributed by atoms with Gasteiger partial charge < -0.3 is 12.3 Å². The van der Waals surface area contributed by atoms with E-state index in [1.165, 1.54) is 6.42 Å². The van der Waals surface area contributed by atoms with E-state index in [0.29, 0.717) is 0 Å². The molecular formula is C3H10N2. The van der Waals surface area contributed by atoms with E-state index in [1.54, 1.807) is 0 Å². The van der Waals surface area contributed by atoms with Crippen molar-refractivity contribution in [3.63, 3.8) is 0 Å². The minimum Gasteiger partial charge on any atom is -0.344 e. The minimum absolute atomic E-state index is 0. The van der Waals surface area contributed by atoms with Crippen LogP contribution in [-0.4, -0.2) is 0 Å². The lowest BCUT2D eigenvalue weighted by Gasteiger charge is -1.15. The SMILES string of the molecule is C1=CC1.N.N. The molecule has 2 heteroatoms. The van der Waals surface area contributed by atoms with Crippen molar-refractivity contribution in [3.05, 3.63) is 12.2 Å². The second-order valence-corrected chi connectivity index (χ2v) is 0.707. The van der Waals surface area contributed by atoms with E-state index >= 15 is 0 Å². The van der Waals surface area contributed by atoms with Gasteiger partial charge in [0.05, 0.1) is 0 Å². The Bertz CT molecular complexity index is 27.9. The highest BCUT2D eigenvalue weighted by Gasteiger charge is 1.75. The molecule has 6 N–H and O–H groups in total. The van der Waals surface area contributed by atoms with Crippen molar-refractivity contribution < 1.29 is 0 Å². The first-order valence-electron chi connectivity index (χ1n) is 1.15. The van der Waals surface area contributed by atoms with Crippen LogP contribution in [0.25, 0.3) is 0 Å². The summed E-state index contributed by atoms with van der Waals surface area (Å²) in [6.45, 7) is 0. The molecule has 1 aliphatic rings. The molecule has 0 atom stereocenters. The minimum atomic E-state index is 0. The van der Waals surface area contributed by atoms with E-state index in [1.807, 2.05) is 0 Å². The van der Waals surface area contributed by atoms with Crippen LogP contribution in [0, 0.1) is 0 Å². The van der Waals surface area contributed by atoms with Gasteiger partial charge in [-0.25, -0.2) is 0 Å². The lowest BCUT2D eigenvalue weighted by Crippen LogP contribution is -0.956. The quantitative estimate of drug-likeness (QED) is 0.425. The zero-order valence-corrected chi connectivity index (χ0v) is 3.28. The third-order valence-electron chi connectivity index (χ3n) is 0.236. The zero-order valence-electron chi connectivity index (χ0n) is 3.28. The van der Waals surface area contributed by atoms with Gasteiger partial charge in [-0.2, -0.15) is 0 Å². The molecule has 0 saturated heterocycles. The molecular weight excluding hydrogens is 64.0 g/mol. The Morgan fingerprint density at radius 2 is 1.20 bits per heavy atom. The highest BCUT2D eigenvalue weighted by molar-refractivity contribution is 5.02. The normalized spacial score (nSPS) is 11.2. The van der Waals surface area contributed by atoms with Crippen LogP contribution in [0.5, 0.6) is 0 Å². The molecule has 0 aromatic heterocycles. The van der Waals surface area contributed by atoms with E-state index in [-0.39, 0.29) is 12.3 Å². The fourth-order valence-electron chi connectivity index (χ4n) is 0. The van der Waals surface area contributed by atoms with Crippen molar-refractivity contribution >= 4 is 0 Å². The van der Waals surface area contributed by atoms with Gasteiger partial charge in [0.2, 0.25) is 0 Å². The van der Waals surface area contributed by atoms with Crippen molar-refractivity contribution in [3.8, 4) is 0 Å². The molecule has 1 aliphatic carbocycles. The maximum atomic E-state index is 2.12. The predicted molar refractivity (Wildman–Crippen MR) is 23.8 cm³/mol. The molecule has 0 spiro atoms. The maximum absolute atomic E-state index is 2.12. The second kappa shape index (κ2) is 3.66. The molecule has 5 heavy (non-hydrogen) atoms. The second-order valence-electron chi connectivity index (χ2n) is 0.707. The molecule has 2 nitrogen and oxygen atoms in total. The molecule has 0 aromatic carbocycles. The predicted octanol–water partition coefficient (Wildman–Crippen LogP) is 1.27. The monoisotopic (exact) mass is 74.1 g/mol. The maximum Gasteiger partial charge on any atom is -0.0169 e. The van der Waals surface area contributed by atoms with Gasteiger partial charge in [-0.15, -0.1) is 0 Å². The highest BCUT2D eigenvalue weighted by atomic mass is 14.0. The lowest BCUT2D eigenvalue weighted by molar-refractivity contribution is 1.71. The van der Waals surface area contributed by atoms with Gasteiger partial charge in [-0.3, -0.25) is 0 Å². The summed E-state index contributed by atoms with van der Waals surface area (Å²) in [5, 5.41) is 0. The number of allylic oxidation sites excluding steroid dienone is 2. The first kappa shape index (κ1) is 8.82. The van der Waals surface area contributed by atoms with Crippen LogP contribution >= 0.6 is 0 Å². The van der Waals surface area contributed by atoms with Gasteiger partial charge in [-0.1, -0.05) is 12.2 Å². The number of hydrogen-bond acceptors (Lipinski definition) is 2. The third kappa shape index (κ3) is 23.2. The first-order chi connectivity index (χ1) is 1.50. The summed E-state index contributed by atoms with van der Waals surface area (Å²) in [5.74, 6) is 0. The fraction of sp³-hybridized carbons (Fsp3) is 0.333. The summed E-state index contributed by atoms with van der Waals surface area (Å²) in [7, 11) is 0. The molecule has 0 fully saturated rings. The Balaban J connectivity index is 0. The van der Waals surface area contributed by atoms with Crippen LogP contribution in [0.15, 0.2) is 12.2 Å². The summed E-state index contributed by atoms with van der Waals surface area (Å²) in [5.41, 5.74) is 0. The molecule has 0 aromatic rings. The standard InChI is InChI=1S/C3H4.2H3N/c1-2-3-1;;/h1-2H,3H2;2*1H3. The lowest BCUT2D eigenvalue weighted by atomic mass is 10.9. The van der Waals surface area contributed by atoms with Crippen LogP contribution in [0.3, 0.4) is 0 Å². The number of rotatable bonds is 0. The van der Waals surface area contributed by atoms with E-state index in [4.69, 9.17) is 0 Å². The molecule has 1 rings (SSSR count). The van der Waals surface area contributed by atoms with E-state index in [0.717, 1.165) is 0 Å². The van der Waals surface area contributed by atoms with Crippen molar-refractivity contribution in [1.29, 1.82) is 0 Å². The molecule has 0 unspecified atom stereocenters. The molecule has 0 bridgehead atoms. The van der Waals surface area contributed by atoms with Gasteiger partial charge in [0, 0.05) is 0 Å². The molecule has 0 radical (unpaired) electrons. The highest BCUT2D eigenvalue weighted by Crippen LogP contribution is 1.96. The Labute approximate surface area is 32.0 Å². The average molecular weight is 74.1 g/mol. The molecule has 0 heterocycles. The largest absolute Gasteiger partial charge is 0.344 e. The summed E-state index contributed by atoms with van der Waals surface area (Å²) >= 11 is 0. The molecule has 0 saturated carbocycles. The Kier molecular flexibility index (Phi) is 6.46.